The highest BCUT2D eigenvalue weighted by molar-refractivity contribution is 5.79. The molecule has 0 radical (unpaired) electrons. The number of aliphatic hydroxyl groups excluding tert-OH is 7. The molecule has 8 N–H and O–H groups in total. The van der Waals surface area contributed by atoms with Crippen LogP contribution in [0.2, 0.25) is 0 Å². The Kier molecular flexibility index (Phi) is 8.68. The van der Waals surface area contributed by atoms with Crippen molar-refractivity contribution in [1.29, 1.82) is 0 Å². The predicted octanol–water partition coefficient (Wildman–Crippen LogP) is 1.41. The molecule has 4 saturated carbocycles. The van der Waals surface area contributed by atoms with Gasteiger partial charge in [0.25, 0.3) is 0 Å². The van der Waals surface area contributed by atoms with E-state index in [9.17, 15) is 45.6 Å². The van der Waals surface area contributed by atoms with Gasteiger partial charge in [0.15, 0.2) is 0 Å². The summed E-state index contributed by atoms with van der Waals surface area (Å²) in [7, 11) is 0. The fourth-order valence-electron chi connectivity index (χ4n) is 12.4. The van der Waals surface area contributed by atoms with Crippen LogP contribution in [0.5, 0.6) is 0 Å². The smallest absolute Gasteiger partial charge is 0.315 e. The average Bonchev–Trinajstić information content (AvgIpc) is 3.02. The molecule has 6 rings (SSSR count). The van der Waals surface area contributed by atoms with Gasteiger partial charge in [-0.25, -0.2) is 0 Å². The van der Waals surface area contributed by atoms with Crippen LogP contribution in [-0.2, 0) is 14.3 Å². The summed E-state index contributed by atoms with van der Waals surface area (Å²) in [5.74, 6) is -1.23. The highest BCUT2D eigenvalue weighted by Gasteiger charge is 2.72. The maximum atomic E-state index is 14.5. The molecule has 47 heavy (non-hydrogen) atoms. The van der Waals surface area contributed by atoms with E-state index >= 15 is 0 Å². The highest BCUT2D eigenvalue weighted by atomic mass is 16.7. The van der Waals surface area contributed by atoms with E-state index in [1.165, 1.54) is 0 Å². The Bertz CT molecular complexity index is 1270. The van der Waals surface area contributed by atoms with E-state index < -0.39 is 83.3 Å². The summed E-state index contributed by atoms with van der Waals surface area (Å²) in [5.41, 5.74) is -3.27. The fourth-order valence-corrected chi connectivity index (χ4v) is 12.4. The Balaban J connectivity index is 1.40. The molecular formula is C36H58O11. The van der Waals surface area contributed by atoms with E-state index in [4.69, 9.17) is 9.47 Å². The average molecular weight is 667 g/mol. The van der Waals surface area contributed by atoms with Gasteiger partial charge in [0.1, 0.15) is 24.4 Å². The van der Waals surface area contributed by atoms with Crippen LogP contribution >= 0.6 is 0 Å². The topological polar surface area (TPSA) is 197 Å². The van der Waals surface area contributed by atoms with Crippen LogP contribution in [0.4, 0.5) is 0 Å². The molecule has 268 valence electrons. The van der Waals surface area contributed by atoms with Gasteiger partial charge in [-0.15, -0.1) is 0 Å². The standard InChI is InChI=1S/C36H58O11/c1-18-9-12-36(30(44)47-29-26(42)25(41)24(40)21(16-37)46-29)14-13-33(4)19(27(36)35(18,6)45)7-8-23-31(2)15-20(39)28(43)32(3,17-38)22(31)10-11-34(23,33)5/h7,18,20-29,37-43,45H,8-17H2,1-6H3/t18-,20-,21+,22+,23-,24+,25-,26+,27-,28+,29-,31+,32+,33-,34-,35-,36+/m1/s1. The lowest BCUT2D eigenvalue weighted by atomic mass is 9.33. The zero-order valence-electron chi connectivity index (χ0n) is 28.8. The summed E-state index contributed by atoms with van der Waals surface area (Å²) in [4.78, 5) is 14.5. The summed E-state index contributed by atoms with van der Waals surface area (Å²) in [6, 6.07) is 0. The van der Waals surface area contributed by atoms with Crippen molar-refractivity contribution in [3.8, 4) is 0 Å². The van der Waals surface area contributed by atoms with Crippen molar-refractivity contribution >= 4 is 5.97 Å². The van der Waals surface area contributed by atoms with Crippen LogP contribution < -0.4 is 0 Å². The first-order valence-corrected chi connectivity index (χ1v) is 17.7. The molecule has 0 unspecified atom stereocenters. The molecule has 1 aliphatic heterocycles. The summed E-state index contributed by atoms with van der Waals surface area (Å²) < 4.78 is 11.4. The Hall–Kier alpha value is -1.15. The van der Waals surface area contributed by atoms with Gasteiger partial charge >= 0.3 is 5.97 Å². The van der Waals surface area contributed by atoms with Crippen LogP contribution in [0.3, 0.4) is 0 Å². The first kappa shape index (κ1) is 35.7. The highest BCUT2D eigenvalue weighted by Crippen LogP contribution is 2.76. The molecule has 0 bridgehead atoms. The monoisotopic (exact) mass is 666 g/mol. The van der Waals surface area contributed by atoms with Gasteiger partial charge in [0.2, 0.25) is 6.29 Å². The molecular weight excluding hydrogens is 608 g/mol. The number of carbonyl (C=O) groups excluding carboxylic acids is 1. The lowest BCUT2D eigenvalue weighted by Crippen LogP contribution is -2.69. The third-order valence-electron chi connectivity index (χ3n) is 15.6. The summed E-state index contributed by atoms with van der Waals surface area (Å²) in [5, 5.41) is 86.2. The Morgan fingerprint density at radius 2 is 1.60 bits per heavy atom. The zero-order chi connectivity index (χ0) is 34.7. The second kappa shape index (κ2) is 11.4. The van der Waals surface area contributed by atoms with E-state index in [1.807, 2.05) is 20.8 Å². The van der Waals surface area contributed by atoms with Gasteiger partial charge in [-0.3, -0.25) is 4.79 Å². The normalized spacial score (nSPS) is 57.5. The quantitative estimate of drug-likeness (QED) is 0.160. The van der Waals surface area contributed by atoms with E-state index in [0.717, 1.165) is 18.4 Å². The molecule has 11 heteroatoms. The lowest BCUT2D eigenvalue weighted by molar-refractivity contribution is -0.299. The largest absolute Gasteiger partial charge is 0.432 e. The Morgan fingerprint density at radius 1 is 0.915 bits per heavy atom. The third-order valence-corrected chi connectivity index (χ3v) is 15.6. The molecule has 5 fully saturated rings. The number of esters is 1. The number of ether oxygens (including phenoxy) is 2. The zero-order valence-corrected chi connectivity index (χ0v) is 28.8. The first-order valence-electron chi connectivity index (χ1n) is 17.7. The number of carbonyl (C=O) groups is 1. The fraction of sp³-hybridized carbons (Fsp3) is 0.917. The van der Waals surface area contributed by atoms with Crippen molar-refractivity contribution in [2.24, 2.45) is 50.7 Å². The van der Waals surface area contributed by atoms with E-state index in [0.29, 0.717) is 38.5 Å². The molecule has 5 aliphatic carbocycles. The van der Waals surface area contributed by atoms with Gasteiger partial charge in [-0.1, -0.05) is 46.3 Å². The van der Waals surface area contributed by atoms with Crippen LogP contribution in [0.1, 0.15) is 92.9 Å². The Labute approximate surface area is 278 Å². The van der Waals surface area contributed by atoms with Crippen LogP contribution in [-0.4, -0.2) is 109 Å². The van der Waals surface area contributed by atoms with E-state index in [-0.39, 0.29) is 35.2 Å². The van der Waals surface area contributed by atoms with E-state index in [2.05, 4.69) is 26.8 Å². The van der Waals surface area contributed by atoms with Crippen molar-refractivity contribution in [2.75, 3.05) is 13.2 Å². The van der Waals surface area contributed by atoms with Gasteiger partial charge in [0.05, 0.1) is 36.4 Å². The number of allylic oxidation sites excluding steroid dienone is 1. The van der Waals surface area contributed by atoms with E-state index in [1.54, 1.807) is 0 Å². The lowest BCUT2D eigenvalue weighted by Gasteiger charge is -2.72. The van der Waals surface area contributed by atoms with Gasteiger partial charge in [-0.05, 0) is 92.3 Å². The molecule has 0 spiro atoms. The summed E-state index contributed by atoms with van der Waals surface area (Å²) in [6.07, 6.45) is -2.75. The molecule has 1 heterocycles. The molecule has 0 aromatic heterocycles. The minimum atomic E-state index is -1.72. The van der Waals surface area contributed by atoms with Crippen molar-refractivity contribution in [2.45, 2.75) is 141 Å². The molecule has 1 saturated heterocycles. The number of aliphatic hydroxyl groups is 8. The minimum Gasteiger partial charge on any atom is -0.432 e. The first-order chi connectivity index (χ1) is 21.8. The molecule has 6 aliphatic rings. The maximum Gasteiger partial charge on any atom is 0.315 e. The number of fused-ring (bicyclic) bond motifs is 7. The van der Waals surface area contributed by atoms with Crippen molar-refractivity contribution < 1.29 is 55.1 Å². The molecule has 0 amide bonds. The summed E-state index contributed by atoms with van der Waals surface area (Å²) in [6.45, 7) is 11.6. The van der Waals surface area contributed by atoms with Crippen molar-refractivity contribution in [1.82, 2.24) is 0 Å². The third kappa shape index (κ3) is 4.60. The van der Waals surface area contributed by atoms with Crippen molar-refractivity contribution in [3.05, 3.63) is 11.6 Å². The van der Waals surface area contributed by atoms with Gasteiger partial charge in [-0.2, -0.15) is 0 Å². The van der Waals surface area contributed by atoms with Crippen LogP contribution in [0.25, 0.3) is 0 Å². The molecule has 17 atom stereocenters. The van der Waals surface area contributed by atoms with Gasteiger partial charge < -0.3 is 50.3 Å². The Morgan fingerprint density at radius 3 is 2.23 bits per heavy atom. The molecule has 11 nitrogen and oxygen atoms in total. The SMILES string of the molecule is C[C@@H]1CC[C@]2(C(=O)O[C@H]3O[C@@H](CO)[C@H](O)[C@@H](O)[C@@H]3O)CC[C@]3(C)C(=CC[C@@H]4[C@@]5(C)C[C@@H](O)[C@H](O)[C@@](C)(CO)[C@H]5CC[C@]43C)[C@@H]2[C@]1(C)O. The van der Waals surface area contributed by atoms with Crippen molar-refractivity contribution in [3.63, 3.8) is 0 Å². The van der Waals surface area contributed by atoms with Crippen LogP contribution in [0, 0.1) is 50.7 Å². The molecule has 0 aromatic carbocycles. The molecule has 0 aromatic rings. The maximum absolute atomic E-state index is 14.5. The van der Waals surface area contributed by atoms with Gasteiger partial charge in [0, 0.05) is 11.3 Å². The second-order valence-electron chi connectivity index (χ2n) is 17.5. The number of rotatable bonds is 4. The van der Waals surface area contributed by atoms with Crippen LogP contribution in [0.15, 0.2) is 11.6 Å². The number of hydrogen-bond acceptors (Lipinski definition) is 11. The minimum absolute atomic E-state index is 0.00373. The second-order valence-corrected chi connectivity index (χ2v) is 17.5. The predicted molar refractivity (Wildman–Crippen MR) is 169 cm³/mol. The summed E-state index contributed by atoms with van der Waals surface area (Å²) >= 11 is 0. The number of hydrogen-bond donors (Lipinski definition) is 8.